The number of hydrogen-bond donors (Lipinski definition) is 1. The molecule has 1 amide bonds. The molecule has 1 aromatic rings. The second-order valence-electron chi connectivity index (χ2n) is 7.59. The Hall–Kier alpha value is -2.01. The van der Waals surface area contributed by atoms with Crippen molar-refractivity contribution in [3.8, 4) is 0 Å². The van der Waals surface area contributed by atoms with Crippen LogP contribution in [0.2, 0.25) is 0 Å². The van der Waals surface area contributed by atoms with E-state index in [1.807, 2.05) is 4.90 Å². The lowest BCUT2D eigenvalue weighted by Crippen LogP contribution is -2.62. The number of hydrogen-bond acceptors (Lipinski definition) is 5. The second-order valence-corrected chi connectivity index (χ2v) is 7.59. The van der Waals surface area contributed by atoms with Crippen molar-refractivity contribution in [3.05, 3.63) is 23.9 Å². The lowest BCUT2D eigenvalue weighted by molar-refractivity contribution is -0.158. The maximum Gasteiger partial charge on any atom is 0.416 e. The van der Waals surface area contributed by atoms with Gasteiger partial charge < -0.3 is 15.0 Å². The van der Waals surface area contributed by atoms with Crippen LogP contribution in [0.1, 0.15) is 31.2 Å². The normalized spacial score (nSPS) is 30.2. The fraction of sp³-hybridized carbons (Fsp3) is 0.667. The number of morpholine rings is 1. The first kappa shape index (κ1) is 20.3. The summed E-state index contributed by atoms with van der Waals surface area (Å²) >= 11 is 0. The third kappa shape index (κ3) is 4.02. The molecule has 0 aromatic carbocycles. The maximum atomic E-state index is 13.4. The Morgan fingerprint density at radius 2 is 2.10 bits per heavy atom. The van der Waals surface area contributed by atoms with Gasteiger partial charge in [-0.15, -0.1) is 0 Å². The van der Waals surface area contributed by atoms with Crippen molar-refractivity contribution in [2.24, 2.45) is 0 Å². The van der Waals surface area contributed by atoms with E-state index < -0.39 is 36.4 Å². The summed E-state index contributed by atoms with van der Waals surface area (Å²) in [5, 5.41) is 2.78. The molecule has 0 radical (unpaired) electrons. The Balaban J connectivity index is 1.58. The van der Waals surface area contributed by atoms with Gasteiger partial charge in [-0.1, -0.05) is 0 Å². The predicted molar refractivity (Wildman–Crippen MR) is 92.0 cm³/mol. The van der Waals surface area contributed by atoms with Crippen LogP contribution in [0.25, 0.3) is 0 Å². The van der Waals surface area contributed by atoms with Crippen molar-refractivity contribution in [1.29, 1.82) is 0 Å². The van der Waals surface area contributed by atoms with Gasteiger partial charge in [0.05, 0.1) is 24.4 Å². The van der Waals surface area contributed by atoms with Crippen molar-refractivity contribution in [2.45, 2.75) is 62.8 Å². The average molecular weight is 420 g/mol. The van der Waals surface area contributed by atoms with E-state index in [2.05, 4.69) is 10.3 Å². The number of nitrogens with one attached hydrogen (secondary N) is 1. The summed E-state index contributed by atoms with van der Waals surface area (Å²) < 4.78 is 71.2. The number of anilines is 1. The summed E-state index contributed by atoms with van der Waals surface area (Å²) in [5.74, 6) is -1.44. The number of alkyl halides is 5. The lowest BCUT2D eigenvalue weighted by Gasteiger charge is -2.48. The van der Waals surface area contributed by atoms with E-state index in [0.717, 1.165) is 29.7 Å². The molecule has 11 heteroatoms. The van der Waals surface area contributed by atoms with Gasteiger partial charge in [0.2, 0.25) is 0 Å². The fourth-order valence-corrected chi connectivity index (χ4v) is 4.51. The van der Waals surface area contributed by atoms with Gasteiger partial charge in [0, 0.05) is 18.8 Å². The van der Waals surface area contributed by atoms with Crippen LogP contribution >= 0.6 is 0 Å². The van der Waals surface area contributed by atoms with Gasteiger partial charge in [-0.05, 0) is 37.8 Å². The first-order valence-corrected chi connectivity index (χ1v) is 9.51. The number of likely N-dealkylation sites (tertiary alicyclic amines) is 2. The minimum Gasteiger partial charge on any atom is -0.375 e. The summed E-state index contributed by atoms with van der Waals surface area (Å²) in [6.07, 6.45) is -5.85. The zero-order chi connectivity index (χ0) is 20.8. The third-order valence-corrected chi connectivity index (χ3v) is 5.77. The molecule has 4 unspecified atom stereocenters. The smallest absolute Gasteiger partial charge is 0.375 e. The highest BCUT2D eigenvalue weighted by molar-refractivity contribution is 5.80. The van der Waals surface area contributed by atoms with E-state index >= 15 is 0 Å². The molecular weight excluding hydrogens is 399 g/mol. The number of carbonyl (C=O) groups is 1. The molecular formula is C18H21F5N4O2. The van der Waals surface area contributed by atoms with Crippen molar-refractivity contribution >= 4 is 11.7 Å². The lowest BCUT2D eigenvalue weighted by atomic mass is 10.0. The summed E-state index contributed by atoms with van der Waals surface area (Å²) in [6, 6.07) is 1.71. The maximum absolute atomic E-state index is 13.4. The van der Waals surface area contributed by atoms with Crippen LogP contribution in [0.4, 0.5) is 27.8 Å². The van der Waals surface area contributed by atoms with E-state index in [0.29, 0.717) is 32.4 Å². The van der Waals surface area contributed by atoms with Crippen LogP contribution in [0, 0.1) is 0 Å². The third-order valence-electron chi connectivity index (χ3n) is 5.77. The van der Waals surface area contributed by atoms with Crippen molar-refractivity contribution < 1.29 is 31.5 Å². The SMILES string of the molecule is O=C(C(F)F)N1C(Nc2cc(C(F)(F)F)ccn2)CCCC1N1CC2CC1CO2. The highest BCUT2D eigenvalue weighted by Gasteiger charge is 2.48. The predicted octanol–water partition coefficient (Wildman–Crippen LogP) is 2.92. The van der Waals surface area contributed by atoms with Crippen molar-refractivity contribution in [1.82, 2.24) is 14.8 Å². The number of carbonyl (C=O) groups excluding carboxylic acids is 1. The summed E-state index contributed by atoms with van der Waals surface area (Å²) in [5.41, 5.74) is -0.900. The molecule has 0 saturated carbocycles. The number of halogens is 5. The molecule has 4 atom stereocenters. The van der Waals surface area contributed by atoms with Gasteiger partial charge >= 0.3 is 12.6 Å². The molecule has 2 bridgehead atoms. The molecule has 29 heavy (non-hydrogen) atoms. The van der Waals surface area contributed by atoms with E-state index in [1.54, 1.807) is 0 Å². The largest absolute Gasteiger partial charge is 0.416 e. The Morgan fingerprint density at radius 1 is 1.31 bits per heavy atom. The van der Waals surface area contributed by atoms with Crippen LogP contribution in [-0.2, 0) is 15.7 Å². The van der Waals surface area contributed by atoms with E-state index in [4.69, 9.17) is 4.74 Å². The minimum atomic E-state index is -4.55. The standard InChI is InChI=1S/C18H21F5N4O2/c19-16(20)17(28)27-14(25-13-6-10(4-5-24-13)18(21,22)23)2-1-3-15(27)26-8-12-7-11(26)9-29-12/h4-6,11-12,14-16H,1-3,7-9H2,(H,24,25). The molecule has 4 rings (SSSR count). The number of pyridine rings is 1. The van der Waals surface area contributed by atoms with Crippen LogP contribution in [0.15, 0.2) is 18.3 Å². The Labute approximate surface area is 164 Å². The molecule has 3 saturated heterocycles. The average Bonchev–Trinajstić information content (AvgIpc) is 3.30. The highest BCUT2D eigenvalue weighted by Crippen LogP contribution is 2.36. The quantitative estimate of drug-likeness (QED) is 0.760. The van der Waals surface area contributed by atoms with Gasteiger partial charge in [-0.2, -0.15) is 22.0 Å². The zero-order valence-corrected chi connectivity index (χ0v) is 15.4. The number of nitrogens with zero attached hydrogens (tertiary/aromatic N) is 3. The zero-order valence-electron chi connectivity index (χ0n) is 15.4. The number of ether oxygens (including phenoxy) is 1. The van der Waals surface area contributed by atoms with E-state index in [9.17, 15) is 26.7 Å². The molecule has 1 N–H and O–H groups in total. The number of rotatable bonds is 4. The molecule has 4 heterocycles. The first-order chi connectivity index (χ1) is 13.7. The monoisotopic (exact) mass is 420 g/mol. The number of piperidine rings is 1. The Bertz CT molecular complexity index is 762. The Morgan fingerprint density at radius 3 is 2.72 bits per heavy atom. The highest BCUT2D eigenvalue weighted by atomic mass is 19.4. The van der Waals surface area contributed by atoms with Crippen molar-refractivity contribution in [3.63, 3.8) is 0 Å². The molecule has 3 aliphatic rings. The van der Waals surface area contributed by atoms with Gasteiger partial charge in [0.25, 0.3) is 5.91 Å². The number of fused-ring (bicyclic) bond motifs is 2. The van der Waals surface area contributed by atoms with Gasteiger partial charge in [-0.3, -0.25) is 9.69 Å². The van der Waals surface area contributed by atoms with Crippen LogP contribution in [0.5, 0.6) is 0 Å². The minimum absolute atomic E-state index is 0.0296. The van der Waals surface area contributed by atoms with Gasteiger partial charge in [0.15, 0.2) is 0 Å². The van der Waals surface area contributed by atoms with Crippen LogP contribution in [-0.4, -0.2) is 64.7 Å². The summed E-state index contributed by atoms with van der Waals surface area (Å²) in [7, 11) is 0. The molecule has 160 valence electrons. The second kappa shape index (κ2) is 7.67. The first-order valence-electron chi connectivity index (χ1n) is 9.51. The fourth-order valence-electron chi connectivity index (χ4n) is 4.51. The van der Waals surface area contributed by atoms with Crippen LogP contribution in [0.3, 0.4) is 0 Å². The van der Waals surface area contributed by atoms with Gasteiger partial charge in [0.1, 0.15) is 12.0 Å². The molecule has 3 fully saturated rings. The Kier molecular flexibility index (Phi) is 5.36. The summed E-state index contributed by atoms with van der Waals surface area (Å²) in [6.45, 7) is 1.04. The van der Waals surface area contributed by atoms with E-state index in [1.165, 1.54) is 0 Å². The number of amides is 1. The molecule has 0 aliphatic carbocycles. The molecule has 3 aliphatic heterocycles. The van der Waals surface area contributed by atoms with Crippen molar-refractivity contribution in [2.75, 3.05) is 18.5 Å². The number of aromatic nitrogens is 1. The van der Waals surface area contributed by atoms with Gasteiger partial charge in [-0.25, -0.2) is 4.98 Å². The van der Waals surface area contributed by atoms with Crippen LogP contribution < -0.4 is 5.32 Å². The van der Waals surface area contributed by atoms with E-state index in [-0.39, 0.29) is 18.0 Å². The molecule has 0 spiro atoms. The molecule has 1 aromatic heterocycles. The molecule has 6 nitrogen and oxygen atoms in total. The topological polar surface area (TPSA) is 57.7 Å². The summed E-state index contributed by atoms with van der Waals surface area (Å²) in [4.78, 5) is 19.4.